The number of nitrogens with zero attached hydrogens (tertiary/aromatic N) is 1. The Labute approximate surface area is 217 Å². The van der Waals surface area contributed by atoms with Crippen LogP contribution in [0.4, 0.5) is 5.69 Å². The lowest BCUT2D eigenvalue weighted by Crippen LogP contribution is -2.35. The van der Waals surface area contributed by atoms with Gasteiger partial charge in [-0.3, -0.25) is 9.59 Å². The summed E-state index contributed by atoms with van der Waals surface area (Å²) in [6.07, 6.45) is -0.560. The van der Waals surface area contributed by atoms with Crippen molar-refractivity contribution >= 4 is 39.9 Å². The largest absolute Gasteiger partial charge is 0.351 e. The van der Waals surface area contributed by atoms with Crippen molar-refractivity contribution < 1.29 is 23.3 Å². The van der Waals surface area contributed by atoms with Crippen LogP contribution in [0, 0.1) is 0 Å². The van der Waals surface area contributed by atoms with Crippen molar-refractivity contribution in [2.75, 3.05) is 24.7 Å². The number of halogens is 1. The normalized spacial score (nSPS) is 14.8. The molecule has 0 bridgehead atoms. The number of nitrogens with one attached hydrogen (secondary N) is 1. The Bertz CT molecular complexity index is 1280. The Balaban J connectivity index is 1.71. The molecule has 1 aliphatic heterocycles. The molecule has 0 saturated heterocycles. The SMILES string of the molecule is CCOC(CNC(=O)c1ccc2c(c1)N(Cc1ccc(Cl)cc1)C(=O)c1ccccc1[S@@]2=O)OCC. The number of carbonyl (C=O) groups excluding carboxylic acids is 2. The first-order chi connectivity index (χ1) is 17.4. The third-order valence-electron chi connectivity index (χ3n) is 5.66. The number of hydrogen-bond donors (Lipinski definition) is 1. The van der Waals surface area contributed by atoms with E-state index in [1.54, 1.807) is 59.5 Å². The minimum atomic E-state index is -1.60. The van der Waals surface area contributed by atoms with E-state index in [4.69, 9.17) is 21.1 Å². The molecular formula is C27H27ClN2O5S. The minimum absolute atomic E-state index is 0.169. The van der Waals surface area contributed by atoms with Crippen LogP contribution in [0.5, 0.6) is 0 Å². The molecule has 1 N–H and O–H groups in total. The van der Waals surface area contributed by atoms with Crippen LogP contribution in [-0.4, -0.2) is 42.1 Å². The topological polar surface area (TPSA) is 84.9 Å². The van der Waals surface area contributed by atoms with Gasteiger partial charge in [-0.15, -0.1) is 0 Å². The highest BCUT2D eigenvalue weighted by Crippen LogP contribution is 2.36. The maximum atomic E-state index is 13.7. The van der Waals surface area contributed by atoms with Crippen molar-refractivity contribution in [1.82, 2.24) is 5.32 Å². The molecule has 1 atom stereocenters. The van der Waals surface area contributed by atoms with Gasteiger partial charge in [-0.2, -0.15) is 0 Å². The highest BCUT2D eigenvalue weighted by atomic mass is 35.5. The lowest BCUT2D eigenvalue weighted by molar-refractivity contribution is -0.131. The van der Waals surface area contributed by atoms with Gasteiger partial charge in [0.05, 0.1) is 44.9 Å². The number of fused-ring (bicyclic) bond motifs is 2. The Kier molecular flexibility index (Phi) is 8.53. The average Bonchev–Trinajstić information content (AvgIpc) is 2.98. The molecule has 188 valence electrons. The molecule has 3 aromatic rings. The summed E-state index contributed by atoms with van der Waals surface area (Å²) in [5.74, 6) is -0.647. The third-order valence-corrected chi connectivity index (χ3v) is 7.41. The van der Waals surface area contributed by atoms with Crippen LogP contribution in [0.1, 0.15) is 40.1 Å². The van der Waals surface area contributed by atoms with Crippen LogP contribution < -0.4 is 10.2 Å². The van der Waals surface area contributed by atoms with Crippen LogP contribution in [0.2, 0.25) is 5.02 Å². The van der Waals surface area contributed by atoms with Crippen molar-refractivity contribution in [3.05, 3.63) is 88.4 Å². The predicted molar refractivity (Wildman–Crippen MR) is 139 cm³/mol. The number of benzene rings is 3. The van der Waals surface area contributed by atoms with Gasteiger partial charge in [0, 0.05) is 23.8 Å². The Morgan fingerprint density at radius 2 is 1.69 bits per heavy atom. The van der Waals surface area contributed by atoms with Gasteiger partial charge in [-0.1, -0.05) is 35.9 Å². The van der Waals surface area contributed by atoms with Crippen LogP contribution >= 0.6 is 11.6 Å². The van der Waals surface area contributed by atoms with Gasteiger partial charge in [0.15, 0.2) is 6.29 Å². The van der Waals surface area contributed by atoms with Crippen LogP contribution in [-0.2, 0) is 26.8 Å². The van der Waals surface area contributed by atoms with Gasteiger partial charge < -0.3 is 19.7 Å². The van der Waals surface area contributed by atoms with E-state index in [2.05, 4.69) is 5.32 Å². The molecule has 3 aromatic carbocycles. The third kappa shape index (κ3) is 5.68. The van der Waals surface area contributed by atoms with Crippen LogP contribution in [0.15, 0.2) is 76.5 Å². The molecule has 1 heterocycles. The molecule has 0 aromatic heterocycles. The molecule has 2 amide bonds. The van der Waals surface area contributed by atoms with Crippen molar-refractivity contribution in [3.8, 4) is 0 Å². The second-order valence-corrected chi connectivity index (χ2v) is 9.87. The monoisotopic (exact) mass is 526 g/mol. The maximum absolute atomic E-state index is 13.7. The number of amides is 2. The summed E-state index contributed by atoms with van der Waals surface area (Å²) in [5.41, 5.74) is 1.96. The molecule has 0 saturated carbocycles. The molecule has 0 fully saturated rings. The first kappa shape index (κ1) is 26.0. The fourth-order valence-corrected chi connectivity index (χ4v) is 5.42. The predicted octanol–water partition coefficient (Wildman–Crippen LogP) is 4.80. The number of carbonyl (C=O) groups is 2. The zero-order valence-corrected chi connectivity index (χ0v) is 21.6. The standard InChI is InChI=1S/C27H27ClN2O5S/c1-3-34-25(35-4-2)16-29-26(31)19-11-14-24-22(15-19)30(17-18-9-12-20(28)13-10-18)27(32)21-7-5-6-8-23(21)36(24)33/h5-15,25H,3-4,16-17H2,1-2H3,(H,29,31)/t36-/m0/s1. The maximum Gasteiger partial charge on any atom is 0.259 e. The fourth-order valence-electron chi connectivity index (χ4n) is 3.95. The number of anilines is 1. The molecule has 0 spiro atoms. The highest BCUT2D eigenvalue weighted by Gasteiger charge is 2.31. The van der Waals surface area contributed by atoms with E-state index >= 15 is 0 Å². The lowest BCUT2D eigenvalue weighted by atomic mass is 10.1. The zero-order valence-electron chi connectivity index (χ0n) is 20.0. The summed E-state index contributed by atoms with van der Waals surface area (Å²) < 4.78 is 24.5. The summed E-state index contributed by atoms with van der Waals surface area (Å²) in [7, 11) is -1.60. The van der Waals surface area contributed by atoms with Gasteiger partial charge >= 0.3 is 0 Å². The van der Waals surface area contributed by atoms with Crippen molar-refractivity contribution in [2.24, 2.45) is 0 Å². The number of ether oxygens (including phenoxy) is 2. The van der Waals surface area contributed by atoms with E-state index in [-0.39, 0.29) is 24.9 Å². The summed E-state index contributed by atoms with van der Waals surface area (Å²) in [4.78, 5) is 29.1. The Hall–Kier alpha value is -3.04. The van der Waals surface area contributed by atoms with Crippen LogP contribution in [0.3, 0.4) is 0 Å². The molecule has 0 aliphatic carbocycles. The second-order valence-electron chi connectivity index (χ2n) is 8.02. The van der Waals surface area contributed by atoms with E-state index in [0.29, 0.717) is 44.8 Å². The zero-order chi connectivity index (χ0) is 25.7. The van der Waals surface area contributed by atoms with Crippen molar-refractivity contribution in [2.45, 2.75) is 36.5 Å². The quantitative estimate of drug-likeness (QED) is 0.405. The molecule has 1 aliphatic rings. The second kappa shape index (κ2) is 11.8. The van der Waals surface area contributed by atoms with Gasteiger partial charge in [-0.05, 0) is 61.9 Å². The fraction of sp³-hybridized carbons (Fsp3) is 0.259. The van der Waals surface area contributed by atoms with E-state index in [1.807, 2.05) is 26.0 Å². The summed E-state index contributed by atoms with van der Waals surface area (Å²) in [6, 6.07) is 18.9. The molecule has 4 rings (SSSR count). The lowest BCUT2D eigenvalue weighted by Gasteiger charge is -2.24. The summed E-state index contributed by atoms with van der Waals surface area (Å²) in [5, 5.41) is 3.41. The smallest absolute Gasteiger partial charge is 0.259 e. The van der Waals surface area contributed by atoms with E-state index in [1.165, 1.54) is 0 Å². The van der Waals surface area contributed by atoms with Crippen LogP contribution in [0.25, 0.3) is 0 Å². The van der Waals surface area contributed by atoms with E-state index in [9.17, 15) is 13.8 Å². The van der Waals surface area contributed by atoms with Gasteiger partial charge in [0.1, 0.15) is 0 Å². The molecule has 0 unspecified atom stereocenters. The van der Waals surface area contributed by atoms with Crippen molar-refractivity contribution in [1.29, 1.82) is 0 Å². The number of rotatable bonds is 9. The molecular weight excluding hydrogens is 500 g/mol. The first-order valence-corrected chi connectivity index (χ1v) is 13.2. The molecule has 9 heteroatoms. The average molecular weight is 527 g/mol. The summed E-state index contributed by atoms with van der Waals surface area (Å²) >= 11 is 6.04. The van der Waals surface area contributed by atoms with E-state index in [0.717, 1.165) is 5.56 Å². The first-order valence-electron chi connectivity index (χ1n) is 11.7. The summed E-state index contributed by atoms with van der Waals surface area (Å²) in [6.45, 7) is 5.00. The minimum Gasteiger partial charge on any atom is -0.351 e. The van der Waals surface area contributed by atoms with Gasteiger partial charge in [0.2, 0.25) is 0 Å². The highest BCUT2D eigenvalue weighted by molar-refractivity contribution is 7.85. The van der Waals surface area contributed by atoms with E-state index < -0.39 is 17.1 Å². The Morgan fingerprint density at radius 3 is 2.39 bits per heavy atom. The van der Waals surface area contributed by atoms with Crippen molar-refractivity contribution in [3.63, 3.8) is 0 Å². The number of hydrogen-bond acceptors (Lipinski definition) is 5. The molecule has 36 heavy (non-hydrogen) atoms. The van der Waals surface area contributed by atoms with Gasteiger partial charge in [0.25, 0.3) is 11.8 Å². The Morgan fingerprint density at radius 1 is 1.00 bits per heavy atom. The molecule has 7 nitrogen and oxygen atoms in total. The molecule has 0 radical (unpaired) electrons. The van der Waals surface area contributed by atoms with Gasteiger partial charge in [-0.25, -0.2) is 4.21 Å².